The van der Waals surface area contributed by atoms with E-state index in [1.165, 1.54) is 5.56 Å². The second kappa shape index (κ2) is 6.05. The van der Waals surface area contributed by atoms with E-state index in [0.717, 1.165) is 38.2 Å². The number of likely N-dealkylation sites (tertiary alicyclic amines) is 1. The van der Waals surface area contributed by atoms with Gasteiger partial charge in [0.15, 0.2) is 0 Å². The van der Waals surface area contributed by atoms with Crippen LogP contribution in [0.15, 0.2) is 24.3 Å². The fourth-order valence-electron chi connectivity index (χ4n) is 3.13. The van der Waals surface area contributed by atoms with Crippen LogP contribution in [0.2, 0.25) is 0 Å². The molecule has 22 heavy (non-hydrogen) atoms. The van der Waals surface area contributed by atoms with Crippen molar-refractivity contribution >= 4 is 18.5 Å². The summed E-state index contributed by atoms with van der Waals surface area (Å²) in [6, 6.07) is 8.48. The Hall–Kier alpha value is -1.33. The largest absolute Gasteiger partial charge is 0.493 e. The SMILES string of the molecule is CC(=O)N1CCC(c2ccc(B3OCC(C)(C)CO3)cc2)C1. The van der Waals surface area contributed by atoms with Crippen molar-refractivity contribution in [2.24, 2.45) is 5.41 Å². The van der Waals surface area contributed by atoms with Crippen LogP contribution in [0.25, 0.3) is 0 Å². The molecule has 3 rings (SSSR count). The van der Waals surface area contributed by atoms with Gasteiger partial charge in [-0.3, -0.25) is 4.79 Å². The summed E-state index contributed by atoms with van der Waals surface area (Å²) < 4.78 is 11.6. The number of carbonyl (C=O) groups is 1. The maximum atomic E-state index is 11.4. The molecule has 2 aliphatic heterocycles. The molecule has 0 aliphatic carbocycles. The predicted octanol–water partition coefficient (Wildman–Crippen LogP) is 1.79. The van der Waals surface area contributed by atoms with Gasteiger partial charge in [-0.1, -0.05) is 38.1 Å². The predicted molar refractivity (Wildman–Crippen MR) is 87.1 cm³/mol. The lowest BCUT2D eigenvalue weighted by Gasteiger charge is -2.33. The van der Waals surface area contributed by atoms with E-state index in [1.54, 1.807) is 6.92 Å². The van der Waals surface area contributed by atoms with Crippen LogP contribution in [0, 0.1) is 5.41 Å². The van der Waals surface area contributed by atoms with Crippen molar-refractivity contribution in [3.8, 4) is 0 Å². The monoisotopic (exact) mass is 301 g/mol. The third-order valence-corrected chi connectivity index (χ3v) is 4.56. The Labute approximate surface area is 132 Å². The second-order valence-electron chi connectivity index (χ2n) is 7.24. The molecule has 4 nitrogen and oxygen atoms in total. The zero-order chi connectivity index (χ0) is 15.7. The summed E-state index contributed by atoms with van der Waals surface area (Å²) in [7, 11) is -0.251. The Morgan fingerprint density at radius 3 is 2.41 bits per heavy atom. The zero-order valence-corrected chi connectivity index (χ0v) is 13.7. The maximum Gasteiger partial charge on any atom is 0.493 e. The number of hydrogen-bond donors (Lipinski definition) is 0. The highest BCUT2D eigenvalue weighted by molar-refractivity contribution is 6.61. The van der Waals surface area contributed by atoms with E-state index in [4.69, 9.17) is 9.31 Å². The molecule has 0 bridgehead atoms. The van der Waals surface area contributed by atoms with Gasteiger partial charge < -0.3 is 14.2 Å². The van der Waals surface area contributed by atoms with E-state index >= 15 is 0 Å². The summed E-state index contributed by atoms with van der Waals surface area (Å²) in [6.45, 7) is 9.07. The van der Waals surface area contributed by atoms with E-state index in [1.807, 2.05) is 4.90 Å². The fourth-order valence-corrected chi connectivity index (χ4v) is 3.13. The first kappa shape index (κ1) is 15.6. The lowest BCUT2D eigenvalue weighted by Crippen LogP contribution is -2.47. The Balaban J connectivity index is 1.63. The van der Waals surface area contributed by atoms with E-state index in [2.05, 4.69) is 38.1 Å². The summed E-state index contributed by atoms with van der Waals surface area (Å²) in [6.07, 6.45) is 1.05. The molecule has 1 atom stereocenters. The Kier molecular flexibility index (Phi) is 4.28. The molecule has 2 aliphatic rings. The normalized spacial score (nSPS) is 24.6. The molecular formula is C17H24BNO3. The number of benzene rings is 1. The highest BCUT2D eigenvalue weighted by Gasteiger charge is 2.33. The van der Waals surface area contributed by atoms with Gasteiger partial charge in [-0.15, -0.1) is 0 Å². The van der Waals surface area contributed by atoms with Gasteiger partial charge in [0.2, 0.25) is 5.91 Å². The third kappa shape index (κ3) is 3.36. The Bertz CT molecular complexity index is 533. The quantitative estimate of drug-likeness (QED) is 0.782. The molecule has 1 amide bonds. The van der Waals surface area contributed by atoms with Crippen molar-refractivity contribution in [2.75, 3.05) is 26.3 Å². The van der Waals surface area contributed by atoms with E-state index < -0.39 is 0 Å². The first-order chi connectivity index (χ1) is 10.4. The van der Waals surface area contributed by atoms with E-state index in [9.17, 15) is 4.79 Å². The molecule has 0 aromatic heterocycles. The Morgan fingerprint density at radius 2 is 1.86 bits per heavy atom. The van der Waals surface area contributed by atoms with E-state index in [-0.39, 0.29) is 18.4 Å². The van der Waals surface area contributed by atoms with Gasteiger partial charge in [-0.25, -0.2) is 0 Å². The van der Waals surface area contributed by atoms with Gasteiger partial charge in [0.05, 0.1) is 0 Å². The number of nitrogens with zero attached hydrogens (tertiary/aromatic N) is 1. The van der Waals surface area contributed by atoms with Gasteiger partial charge in [-0.05, 0) is 17.4 Å². The molecule has 0 radical (unpaired) electrons. The molecule has 1 aromatic rings. The van der Waals surface area contributed by atoms with Gasteiger partial charge in [0, 0.05) is 44.6 Å². The van der Waals surface area contributed by atoms with Crippen molar-refractivity contribution in [3.63, 3.8) is 0 Å². The number of hydrogen-bond acceptors (Lipinski definition) is 3. The molecule has 2 heterocycles. The lowest BCUT2D eigenvalue weighted by molar-refractivity contribution is -0.127. The van der Waals surface area contributed by atoms with Gasteiger partial charge in [0.25, 0.3) is 0 Å². The summed E-state index contributed by atoms with van der Waals surface area (Å²) in [5.41, 5.74) is 2.46. The van der Waals surface area contributed by atoms with Crippen molar-refractivity contribution in [1.82, 2.24) is 4.90 Å². The molecule has 2 fully saturated rings. The van der Waals surface area contributed by atoms with Gasteiger partial charge in [0.1, 0.15) is 0 Å². The summed E-state index contributed by atoms with van der Waals surface area (Å²) >= 11 is 0. The lowest BCUT2D eigenvalue weighted by atomic mass is 9.75. The highest BCUT2D eigenvalue weighted by Crippen LogP contribution is 2.27. The molecule has 0 saturated carbocycles. The summed E-state index contributed by atoms with van der Waals surface area (Å²) in [5, 5.41) is 0. The number of rotatable bonds is 2. The van der Waals surface area contributed by atoms with Crippen LogP contribution >= 0.6 is 0 Å². The van der Waals surface area contributed by atoms with E-state index in [0.29, 0.717) is 5.92 Å². The van der Waals surface area contributed by atoms with Crippen LogP contribution in [0.5, 0.6) is 0 Å². The smallest absolute Gasteiger partial charge is 0.407 e. The van der Waals surface area contributed by atoms with Crippen molar-refractivity contribution in [2.45, 2.75) is 33.1 Å². The average Bonchev–Trinajstić information content (AvgIpc) is 2.97. The zero-order valence-electron chi connectivity index (χ0n) is 13.7. The average molecular weight is 301 g/mol. The van der Waals surface area contributed by atoms with Crippen LogP contribution in [-0.4, -0.2) is 44.2 Å². The van der Waals surface area contributed by atoms with Crippen LogP contribution < -0.4 is 5.46 Å². The Morgan fingerprint density at radius 1 is 1.23 bits per heavy atom. The topological polar surface area (TPSA) is 38.8 Å². The molecule has 0 spiro atoms. The minimum atomic E-state index is -0.251. The molecule has 5 heteroatoms. The van der Waals surface area contributed by atoms with Crippen LogP contribution in [-0.2, 0) is 14.1 Å². The van der Waals surface area contributed by atoms with Crippen molar-refractivity contribution in [1.29, 1.82) is 0 Å². The molecule has 1 aromatic carbocycles. The maximum absolute atomic E-state index is 11.4. The van der Waals surface area contributed by atoms with Crippen LogP contribution in [0.3, 0.4) is 0 Å². The second-order valence-corrected chi connectivity index (χ2v) is 7.24. The first-order valence-corrected chi connectivity index (χ1v) is 8.03. The van der Waals surface area contributed by atoms with Crippen LogP contribution in [0.4, 0.5) is 0 Å². The summed E-state index contributed by atoms with van der Waals surface area (Å²) in [5.74, 6) is 0.621. The molecule has 0 N–H and O–H groups in total. The minimum absolute atomic E-state index is 0.0937. The fraction of sp³-hybridized carbons (Fsp3) is 0.588. The first-order valence-electron chi connectivity index (χ1n) is 8.03. The third-order valence-electron chi connectivity index (χ3n) is 4.56. The standard InChI is InChI=1S/C17H24BNO3/c1-13(20)19-9-8-15(10-19)14-4-6-16(7-5-14)18-21-11-17(2,3)12-22-18/h4-7,15H,8-12H2,1-3H3. The summed E-state index contributed by atoms with van der Waals surface area (Å²) in [4.78, 5) is 13.4. The van der Waals surface area contributed by atoms with Gasteiger partial charge >= 0.3 is 7.12 Å². The number of amides is 1. The molecular weight excluding hydrogens is 277 g/mol. The molecule has 2 saturated heterocycles. The van der Waals surface area contributed by atoms with Gasteiger partial charge in [-0.2, -0.15) is 0 Å². The van der Waals surface area contributed by atoms with Crippen LogP contribution in [0.1, 0.15) is 38.7 Å². The van der Waals surface area contributed by atoms with Crippen molar-refractivity contribution in [3.05, 3.63) is 29.8 Å². The molecule has 1 unspecified atom stereocenters. The highest BCUT2D eigenvalue weighted by atomic mass is 16.6. The van der Waals surface area contributed by atoms with Crippen molar-refractivity contribution < 1.29 is 14.1 Å². The number of carbonyl (C=O) groups excluding carboxylic acids is 1. The minimum Gasteiger partial charge on any atom is -0.407 e. The molecule has 118 valence electrons.